The van der Waals surface area contributed by atoms with Gasteiger partial charge >= 0.3 is 0 Å². The van der Waals surface area contributed by atoms with Gasteiger partial charge in [-0.3, -0.25) is 4.98 Å². The van der Waals surface area contributed by atoms with Gasteiger partial charge in [0.15, 0.2) is 0 Å². The Bertz CT molecular complexity index is 504. The molecule has 1 unspecified atom stereocenters. The summed E-state index contributed by atoms with van der Waals surface area (Å²) in [6.07, 6.45) is 1.58. The number of nitrogens with zero attached hydrogens (tertiary/aromatic N) is 1. The highest BCUT2D eigenvalue weighted by Gasteiger charge is 2.14. The first-order chi connectivity index (χ1) is 7.68. The molecule has 1 N–H and O–H groups in total. The van der Waals surface area contributed by atoms with Crippen LogP contribution in [0, 0.1) is 5.82 Å². The Morgan fingerprint density at radius 2 is 2.12 bits per heavy atom. The number of rotatable bonds is 2. The molecule has 1 aromatic heterocycles. The van der Waals surface area contributed by atoms with Gasteiger partial charge in [0.25, 0.3) is 0 Å². The maximum absolute atomic E-state index is 13.4. The van der Waals surface area contributed by atoms with Gasteiger partial charge in [-0.05, 0) is 23.8 Å². The minimum Gasteiger partial charge on any atom is -0.384 e. The smallest absolute Gasteiger partial charge is 0.147 e. The van der Waals surface area contributed by atoms with Crippen LogP contribution < -0.4 is 0 Å². The van der Waals surface area contributed by atoms with Crippen molar-refractivity contribution in [2.24, 2.45) is 0 Å². The third-order valence-corrected chi connectivity index (χ3v) is 2.76. The second-order valence-electron chi connectivity index (χ2n) is 3.35. The van der Waals surface area contributed by atoms with Gasteiger partial charge in [0.2, 0.25) is 0 Å². The van der Waals surface area contributed by atoms with Crippen molar-refractivity contribution in [3.05, 3.63) is 64.1 Å². The summed E-state index contributed by atoms with van der Waals surface area (Å²) < 4.78 is 14.2. The summed E-state index contributed by atoms with van der Waals surface area (Å²) in [5.41, 5.74) is 0.868. The van der Waals surface area contributed by atoms with Crippen molar-refractivity contribution in [2.75, 3.05) is 0 Å². The van der Waals surface area contributed by atoms with E-state index in [1.165, 1.54) is 12.3 Å². The van der Waals surface area contributed by atoms with Crippen LogP contribution in [0.15, 0.2) is 47.2 Å². The average molecular weight is 282 g/mol. The van der Waals surface area contributed by atoms with Gasteiger partial charge in [-0.25, -0.2) is 4.39 Å². The fraction of sp³-hybridized carbons (Fsp3) is 0.0833. The molecule has 2 aromatic rings. The van der Waals surface area contributed by atoms with Gasteiger partial charge in [-0.2, -0.15) is 0 Å². The van der Waals surface area contributed by atoms with Crippen LogP contribution in [0.4, 0.5) is 4.39 Å². The van der Waals surface area contributed by atoms with E-state index in [4.69, 9.17) is 0 Å². The van der Waals surface area contributed by atoms with Crippen LogP contribution >= 0.6 is 15.9 Å². The number of pyridine rings is 1. The van der Waals surface area contributed by atoms with Crippen LogP contribution in [0.2, 0.25) is 0 Å². The summed E-state index contributed by atoms with van der Waals surface area (Å²) in [7, 11) is 0. The molecule has 4 heteroatoms. The average Bonchev–Trinajstić information content (AvgIpc) is 2.29. The van der Waals surface area contributed by atoms with Crippen molar-refractivity contribution in [1.82, 2.24) is 4.98 Å². The van der Waals surface area contributed by atoms with Crippen LogP contribution in [0.1, 0.15) is 17.2 Å². The summed E-state index contributed by atoms with van der Waals surface area (Å²) in [5, 5.41) is 10.0. The van der Waals surface area contributed by atoms with Crippen LogP contribution in [0.25, 0.3) is 0 Å². The molecular formula is C12H9BrFNO. The number of hydrogen-bond donors (Lipinski definition) is 1. The largest absolute Gasteiger partial charge is 0.384 e. The lowest BCUT2D eigenvalue weighted by Gasteiger charge is -2.12. The molecule has 0 fully saturated rings. The molecule has 0 spiro atoms. The van der Waals surface area contributed by atoms with Crippen molar-refractivity contribution in [3.63, 3.8) is 0 Å². The van der Waals surface area contributed by atoms with Gasteiger partial charge in [0.05, 0.1) is 6.20 Å². The molecule has 0 saturated heterocycles. The number of hydrogen-bond acceptors (Lipinski definition) is 2. The molecule has 16 heavy (non-hydrogen) atoms. The van der Waals surface area contributed by atoms with Crippen molar-refractivity contribution in [2.45, 2.75) is 6.10 Å². The van der Waals surface area contributed by atoms with Gasteiger partial charge in [0, 0.05) is 16.2 Å². The molecule has 0 amide bonds. The quantitative estimate of drug-likeness (QED) is 0.918. The van der Waals surface area contributed by atoms with E-state index in [0.29, 0.717) is 5.56 Å². The Morgan fingerprint density at radius 3 is 2.81 bits per heavy atom. The van der Waals surface area contributed by atoms with Gasteiger partial charge in [-0.1, -0.05) is 28.1 Å². The normalized spacial score (nSPS) is 12.4. The zero-order valence-corrected chi connectivity index (χ0v) is 9.86. The van der Waals surface area contributed by atoms with Crippen molar-refractivity contribution < 1.29 is 9.50 Å². The first-order valence-corrected chi connectivity index (χ1v) is 5.50. The highest BCUT2D eigenvalue weighted by Crippen LogP contribution is 2.25. The molecule has 1 atom stereocenters. The molecule has 0 aliphatic rings. The summed E-state index contributed by atoms with van der Waals surface area (Å²) in [6, 6.07) is 8.61. The fourth-order valence-electron chi connectivity index (χ4n) is 1.46. The third-order valence-electron chi connectivity index (χ3n) is 2.26. The molecule has 0 aliphatic carbocycles. The minimum absolute atomic E-state index is 0.230. The van der Waals surface area contributed by atoms with E-state index in [0.717, 1.165) is 10.7 Å². The van der Waals surface area contributed by atoms with E-state index < -0.39 is 11.9 Å². The highest BCUT2D eigenvalue weighted by molar-refractivity contribution is 9.10. The molecule has 2 nitrogen and oxygen atoms in total. The Balaban J connectivity index is 2.39. The van der Waals surface area contributed by atoms with E-state index in [1.54, 1.807) is 18.2 Å². The molecular weight excluding hydrogens is 273 g/mol. The van der Waals surface area contributed by atoms with Gasteiger partial charge in [-0.15, -0.1) is 0 Å². The fourth-order valence-corrected chi connectivity index (χ4v) is 1.88. The topological polar surface area (TPSA) is 33.1 Å². The maximum Gasteiger partial charge on any atom is 0.147 e. The second kappa shape index (κ2) is 4.72. The summed E-state index contributed by atoms with van der Waals surface area (Å²) in [4.78, 5) is 3.64. The molecule has 0 saturated carbocycles. The molecule has 82 valence electrons. The number of aliphatic hydroxyl groups excluding tert-OH is 1. The van der Waals surface area contributed by atoms with E-state index >= 15 is 0 Å². The first kappa shape index (κ1) is 11.2. The SMILES string of the molecule is OC(c1cccc(Br)c1)c1ccncc1F. The molecule has 2 rings (SSSR count). The summed E-state index contributed by atoms with van der Waals surface area (Å²) in [6.45, 7) is 0. The third kappa shape index (κ3) is 2.28. The van der Waals surface area contributed by atoms with Crippen LogP contribution in [-0.2, 0) is 0 Å². The first-order valence-electron chi connectivity index (χ1n) is 4.71. The number of aliphatic hydroxyl groups is 1. The monoisotopic (exact) mass is 281 g/mol. The Labute approximate surface area is 101 Å². The molecule has 0 aliphatic heterocycles. The van der Waals surface area contributed by atoms with Crippen molar-refractivity contribution in [1.29, 1.82) is 0 Å². The lowest BCUT2D eigenvalue weighted by Crippen LogP contribution is -2.02. The number of benzene rings is 1. The predicted molar refractivity (Wildman–Crippen MR) is 62.4 cm³/mol. The molecule has 1 heterocycles. The number of aromatic nitrogens is 1. The molecule has 1 aromatic carbocycles. The van der Waals surface area contributed by atoms with E-state index in [1.807, 2.05) is 6.07 Å². The Hall–Kier alpha value is -1.26. The molecule has 0 radical (unpaired) electrons. The maximum atomic E-state index is 13.4. The lowest BCUT2D eigenvalue weighted by molar-refractivity contribution is 0.214. The van der Waals surface area contributed by atoms with Gasteiger partial charge in [0.1, 0.15) is 11.9 Å². The van der Waals surface area contributed by atoms with E-state index in [9.17, 15) is 9.50 Å². The second-order valence-corrected chi connectivity index (χ2v) is 4.27. The molecule has 0 bridgehead atoms. The predicted octanol–water partition coefficient (Wildman–Crippen LogP) is 3.06. The minimum atomic E-state index is -0.972. The zero-order chi connectivity index (χ0) is 11.5. The van der Waals surface area contributed by atoms with Crippen molar-refractivity contribution in [3.8, 4) is 0 Å². The van der Waals surface area contributed by atoms with E-state index in [2.05, 4.69) is 20.9 Å². The highest BCUT2D eigenvalue weighted by atomic mass is 79.9. The zero-order valence-electron chi connectivity index (χ0n) is 8.27. The summed E-state index contributed by atoms with van der Waals surface area (Å²) >= 11 is 3.30. The van der Waals surface area contributed by atoms with Crippen molar-refractivity contribution >= 4 is 15.9 Å². The Morgan fingerprint density at radius 1 is 1.31 bits per heavy atom. The summed E-state index contributed by atoms with van der Waals surface area (Å²) in [5.74, 6) is -0.505. The Kier molecular flexibility index (Phi) is 3.31. The van der Waals surface area contributed by atoms with E-state index in [-0.39, 0.29) is 5.56 Å². The van der Waals surface area contributed by atoms with Gasteiger partial charge < -0.3 is 5.11 Å². The number of halogens is 2. The van der Waals surface area contributed by atoms with Crippen LogP contribution in [0.5, 0.6) is 0 Å². The standard InChI is InChI=1S/C12H9BrFNO/c13-9-3-1-2-8(6-9)12(16)10-4-5-15-7-11(10)14/h1-7,12,16H. The van der Waals surface area contributed by atoms with Crippen LogP contribution in [-0.4, -0.2) is 10.1 Å². The lowest BCUT2D eigenvalue weighted by atomic mass is 10.0. The van der Waals surface area contributed by atoms with Crippen LogP contribution in [0.3, 0.4) is 0 Å².